The van der Waals surface area contributed by atoms with E-state index in [0.29, 0.717) is 32.7 Å². The Morgan fingerprint density at radius 1 is 1.23 bits per heavy atom. The van der Waals surface area contributed by atoms with Gasteiger partial charge < -0.3 is 9.64 Å². The Kier molecular flexibility index (Phi) is 4.49. The minimum atomic E-state index is -3.10. The van der Waals surface area contributed by atoms with E-state index in [9.17, 15) is 13.2 Å². The molecule has 3 aliphatic rings. The van der Waals surface area contributed by atoms with Gasteiger partial charge in [0.1, 0.15) is 0 Å². The van der Waals surface area contributed by atoms with Crippen LogP contribution in [0.2, 0.25) is 0 Å². The van der Waals surface area contributed by atoms with Crippen molar-refractivity contribution < 1.29 is 17.9 Å². The number of nitrogens with zero attached hydrogens (tertiary/aromatic N) is 2. The molecule has 3 rings (SSSR count). The Morgan fingerprint density at radius 2 is 2.00 bits per heavy atom. The molecule has 0 aromatic heterocycles. The van der Waals surface area contributed by atoms with Crippen molar-refractivity contribution in [3.63, 3.8) is 0 Å². The van der Waals surface area contributed by atoms with E-state index < -0.39 is 10.0 Å². The summed E-state index contributed by atoms with van der Waals surface area (Å²) >= 11 is 0. The summed E-state index contributed by atoms with van der Waals surface area (Å²) in [5, 5.41) is -0.142. The smallest absolute Gasteiger partial charge is 0.223 e. The van der Waals surface area contributed by atoms with Crippen molar-refractivity contribution in [3.05, 3.63) is 0 Å². The van der Waals surface area contributed by atoms with Crippen LogP contribution in [0.25, 0.3) is 0 Å². The van der Waals surface area contributed by atoms with E-state index in [1.165, 1.54) is 0 Å². The van der Waals surface area contributed by atoms with Gasteiger partial charge in [-0.05, 0) is 38.5 Å². The summed E-state index contributed by atoms with van der Waals surface area (Å²) in [6.45, 7) is 2.31. The van der Waals surface area contributed by atoms with Gasteiger partial charge in [-0.1, -0.05) is 0 Å². The number of amides is 1. The topological polar surface area (TPSA) is 66.9 Å². The molecule has 2 saturated heterocycles. The Labute approximate surface area is 132 Å². The van der Waals surface area contributed by atoms with E-state index in [2.05, 4.69) is 0 Å². The van der Waals surface area contributed by atoms with Gasteiger partial charge in [-0.2, -0.15) is 0 Å². The minimum Gasteiger partial charge on any atom is -0.383 e. The quantitative estimate of drug-likeness (QED) is 0.753. The van der Waals surface area contributed by atoms with Gasteiger partial charge in [-0.25, -0.2) is 12.7 Å². The number of likely N-dealkylation sites (tertiary alicyclic amines) is 1. The molecule has 7 heteroatoms. The lowest BCUT2D eigenvalue weighted by Crippen LogP contribution is -2.48. The molecule has 1 saturated carbocycles. The number of sulfonamides is 1. The summed E-state index contributed by atoms with van der Waals surface area (Å²) < 4.78 is 31.7. The molecule has 1 spiro atoms. The fraction of sp³-hybridized carbons (Fsp3) is 0.933. The maximum absolute atomic E-state index is 12.4. The van der Waals surface area contributed by atoms with Crippen molar-refractivity contribution >= 4 is 15.9 Å². The lowest BCUT2D eigenvalue weighted by atomic mass is 9.88. The van der Waals surface area contributed by atoms with Crippen LogP contribution in [0.15, 0.2) is 0 Å². The minimum absolute atomic E-state index is 0.142. The van der Waals surface area contributed by atoms with Gasteiger partial charge in [-0.3, -0.25) is 4.79 Å². The third-order valence-corrected chi connectivity index (χ3v) is 7.78. The van der Waals surface area contributed by atoms with Crippen molar-refractivity contribution in [1.82, 2.24) is 9.21 Å². The lowest BCUT2D eigenvalue weighted by molar-refractivity contribution is -0.132. The monoisotopic (exact) mass is 330 g/mol. The molecule has 22 heavy (non-hydrogen) atoms. The molecule has 1 amide bonds. The van der Waals surface area contributed by atoms with Crippen LogP contribution in [0, 0.1) is 0 Å². The molecule has 2 heterocycles. The zero-order valence-corrected chi connectivity index (χ0v) is 14.1. The molecule has 1 unspecified atom stereocenters. The SMILES string of the molecule is COCCN1C(=O)CCC12CCCN(S(=O)(=O)C1CC1)CC2. The first-order valence-electron chi connectivity index (χ1n) is 8.28. The van der Waals surface area contributed by atoms with Crippen molar-refractivity contribution in [3.8, 4) is 0 Å². The molecule has 0 bridgehead atoms. The fourth-order valence-corrected chi connectivity index (χ4v) is 5.81. The maximum Gasteiger partial charge on any atom is 0.223 e. The Bertz CT molecular complexity index is 532. The van der Waals surface area contributed by atoms with Gasteiger partial charge in [-0.15, -0.1) is 0 Å². The zero-order chi connectivity index (χ0) is 15.8. The lowest BCUT2D eigenvalue weighted by Gasteiger charge is -2.38. The second-order valence-corrected chi connectivity index (χ2v) is 8.97. The number of carbonyl (C=O) groups is 1. The summed E-state index contributed by atoms with van der Waals surface area (Å²) in [6.07, 6.45) is 5.55. The van der Waals surface area contributed by atoms with Gasteiger partial charge in [0.15, 0.2) is 0 Å². The molecule has 0 aromatic rings. The molecule has 6 nitrogen and oxygen atoms in total. The molecular formula is C15H26N2O4S. The number of hydrogen-bond donors (Lipinski definition) is 0. The van der Waals surface area contributed by atoms with E-state index in [0.717, 1.165) is 38.5 Å². The van der Waals surface area contributed by atoms with E-state index in [1.54, 1.807) is 11.4 Å². The standard InChI is InChI=1S/C15H26N2O4S/c1-21-12-11-17-14(18)5-7-15(17)6-2-9-16(10-8-15)22(19,20)13-3-4-13/h13H,2-12H2,1H3. The predicted molar refractivity (Wildman–Crippen MR) is 82.9 cm³/mol. The van der Waals surface area contributed by atoms with E-state index in [4.69, 9.17) is 4.74 Å². The fourth-order valence-electron chi connectivity index (χ4n) is 3.92. The van der Waals surface area contributed by atoms with Crippen LogP contribution in [0.5, 0.6) is 0 Å². The summed E-state index contributed by atoms with van der Waals surface area (Å²) in [5.41, 5.74) is -0.149. The summed E-state index contributed by atoms with van der Waals surface area (Å²) in [7, 11) is -1.46. The average molecular weight is 330 g/mol. The predicted octanol–water partition coefficient (Wildman–Crippen LogP) is 0.972. The average Bonchev–Trinajstić information content (AvgIpc) is 3.29. The third kappa shape index (κ3) is 2.90. The van der Waals surface area contributed by atoms with Gasteiger partial charge in [0.2, 0.25) is 15.9 Å². The van der Waals surface area contributed by atoms with E-state index >= 15 is 0 Å². The largest absolute Gasteiger partial charge is 0.383 e. The number of ether oxygens (including phenoxy) is 1. The molecule has 0 radical (unpaired) electrons. The molecule has 1 aliphatic carbocycles. The zero-order valence-electron chi connectivity index (χ0n) is 13.3. The maximum atomic E-state index is 12.4. The molecule has 0 aromatic carbocycles. The number of methoxy groups -OCH3 is 1. The molecule has 3 fully saturated rings. The third-order valence-electron chi connectivity index (χ3n) is 5.38. The first-order valence-corrected chi connectivity index (χ1v) is 9.78. The van der Waals surface area contributed by atoms with Crippen LogP contribution in [-0.4, -0.2) is 67.7 Å². The van der Waals surface area contributed by atoms with Crippen molar-refractivity contribution in [2.24, 2.45) is 0 Å². The summed E-state index contributed by atoms with van der Waals surface area (Å²) in [5.74, 6) is 0.190. The van der Waals surface area contributed by atoms with Gasteiger partial charge in [0.25, 0.3) is 0 Å². The van der Waals surface area contributed by atoms with Crippen molar-refractivity contribution in [1.29, 1.82) is 0 Å². The van der Waals surface area contributed by atoms with Crippen LogP contribution in [0.1, 0.15) is 44.9 Å². The molecule has 0 N–H and O–H groups in total. The highest BCUT2D eigenvalue weighted by molar-refractivity contribution is 7.90. The van der Waals surface area contributed by atoms with Crippen LogP contribution in [0.3, 0.4) is 0 Å². The van der Waals surface area contributed by atoms with Crippen LogP contribution in [0.4, 0.5) is 0 Å². The Balaban J connectivity index is 1.72. The molecule has 126 valence electrons. The second-order valence-electron chi connectivity index (χ2n) is 6.76. The molecular weight excluding hydrogens is 304 g/mol. The highest BCUT2D eigenvalue weighted by atomic mass is 32.2. The summed E-state index contributed by atoms with van der Waals surface area (Å²) in [4.78, 5) is 14.2. The van der Waals surface area contributed by atoms with Gasteiger partial charge in [0.05, 0.1) is 11.9 Å². The van der Waals surface area contributed by atoms with Crippen LogP contribution >= 0.6 is 0 Å². The van der Waals surface area contributed by atoms with Crippen LogP contribution in [-0.2, 0) is 19.6 Å². The number of carbonyl (C=O) groups excluding carboxylic acids is 1. The first-order chi connectivity index (χ1) is 10.5. The van der Waals surface area contributed by atoms with Crippen molar-refractivity contribution in [2.45, 2.75) is 55.7 Å². The Morgan fingerprint density at radius 3 is 2.68 bits per heavy atom. The van der Waals surface area contributed by atoms with Crippen LogP contribution < -0.4 is 0 Å². The number of rotatable bonds is 5. The number of hydrogen-bond acceptors (Lipinski definition) is 4. The van der Waals surface area contributed by atoms with Crippen molar-refractivity contribution in [2.75, 3.05) is 33.4 Å². The molecule has 2 aliphatic heterocycles. The van der Waals surface area contributed by atoms with Gasteiger partial charge >= 0.3 is 0 Å². The highest BCUT2D eigenvalue weighted by Gasteiger charge is 2.48. The van der Waals surface area contributed by atoms with E-state index in [-0.39, 0.29) is 16.7 Å². The van der Waals surface area contributed by atoms with E-state index in [1.807, 2.05) is 4.90 Å². The van der Waals surface area contributed by atoms with Gasteiger partial charge in [0, 0.05) is 38.7 Å². The normalized spacial score (nSPS) is 31.0. The molecule has 1 atom stereocenters. The second kappa shape index (κ2) is 6.09. The summed E-state index contributed by atoms with van der Waals surface area (Å²) in [6, 6.07) is 0. The first kappa shape index (κ1) is 16.2. The Hall–Kier alpha value is -0.660. The highest BCUT2D eigenvalue weighted by Crippen LogP contribution is 2.40.